The third-order valence-corrected chi connectivity index (χ3v) is 3.45. The van der Waals surface area contributed by atoms with Crippen molar-refractivity contribution in [2.45, 2.75) is 13.8 Å². The summed E-state index contributed by atoms with van der Waals surface area (Å²) in [5, 5.41) is 6.36. The van der Waals surface area contributed by atoms with Crippen molar-refractivity contribution in [3.8, 4) is 5.75 Å². The lowest BCUT2D eigenvalue weighted by molar-refractivity contribution is 0.0973. The molecule has 0 aliphatic carbocycles. The summed E-state index contributed by atoms with van der Waals surface area (Å²) in [6.07, 6.45) is 0. The highest BCUT2D eigenvalue weighted by atomic mass is 35.5. The van der Waals surface area contributed by atoms with Crippen molar-refractivity contribution in [1.29, 1.82) is 0 Å². The number of amides is 1. The van der Waals surface area contributed by atoms with Crippen LogP contribution in [0.15, 0.2) is 48.5 Å². The highest BCUT2D eigenvalue weighted by Gasteiger charge is 2.14. The van der Waals surface area contributed by atoms with Gasteiger partial charge in [-0.2, -0.15) is 0 Å². The molecule has 0 radical (unpaired) electrons. The molecule has 2 aromatic carbocycles. The zero-order valence-electron chi connectivity index (χ0n) is 13.5. The standard InChI is InChI=1S/C18H19ClN2O2S/c1-12(2)11-23-16-9-4-3-8-15(16)17(22)21-18(24)20-14-7-5-6-13(19)10-14/h3-10,12H,11H2,1-2H3,(H2,20,21,22,24). The predicted molar refractivity (Wildman–Crippen MR) is 102 cm³/mol. The van der Waals surface area contributed by atoms with Crippen LogP contribution in [-0.2, 0) is 0 Å². The van der Waals surface area contributed by atoms with Crippen LogP contribution in [0.3, 0.4) is 0 Å². The van der Waals surface area contributed by atoms with Gasteiger partial charge in [-0.15, -0.1) is 0 Å². The van der Waals surface area contributed by atoms with Crippen LogP contribution in [0.25, 0.3) is 0 Å². The van der Waals surface area contributed by atoms with Gasteiger partial charge in [0.1, 0.15) is 5.75 Å². The molecule has 4 nitrogen and oxygen atoms in total. The molecule has 0 aromatic heterocycles. The maximum atomic E-state index is 12.4. The fourth-order valence-corrected chi connectivity index (χ4v) is 2.34. The first-order chi connectivity index (χ1) is 11.5. The lowest BCUT2D eigenvalue weighted by Gasteiger charge is -2.14. The van der Waals surface area contributed by atoms with Crippen LogP contribution in [0.5, 0.6) is 5.75 Å². The Morgan fingerprint density at radius 3 is 2.67 bits per heavy atom. The lowest BCUT2D eigenvalue weighted by Crippen LogP contribution is -2.34. The summed E-state index contributed by atoms with van der Waals surface area (Å²) in [6.45, 7) is 4.63. The fourth-order valence-electron chi connectivity index (χ4n) is 1.94. The van der Waals surface area contributed by atoms with E-state index in [1.807, 2.05) is 26.0 Å². The van der Waals surface area contributed by atoms with Crippen molar-refractivity contribution < 1.29 is 9.53 Å². The fraction of sp³-hybridized carbons (Fsp3) is 0.222. The number of carbonyl (C=O) groups excluding carboxylic acids is 1. The molecule has 0 saturated heterocycles. The number of benzene rings is 2. The maximum absolute atomic E-state index is 12.4. The number of carbonyl (C=O) groups is 1. The monoisotopic (exact) mass is 362 g/mol. The van der Waals surface area contributed by atoms with Gasteiger partial charge in [0.15, 0.2) is 5.11 Å². The van der Waals surface area contributed by atoms with Crippen LogP contribution in [0.2, 0.25) is 5.02 Å². The minimum Gasteiger partial charge on any atom is -0.492 e. The Labute approximate surface area is 152 Å². The minimum atomic E-state index is -0.325. The quantitative estimate of drug-likeness (QED) is 0.769. The van der Waals surface area contributed by atoms with E-state index in [2.05, 4.69) is 10.6 Å². The molecule has 0 aliphatic heterocycles. The van der Waals surface area contributed by atoms with Gasteiger partial charge in [-0.05, 0) is 48.5 Å². The van der Waals surface area contributed by atoms with Gasteiger partial charge in [0.05, 0.1) is 12.2 Å². The number of hydrogen-bond acceptors (Lipinski definition) is 3. The third-order valence-electron chi connectivity index (χ3n) is 3.01. The number of anilines is 1. The van der Waals surface area contributed by atoms with Gasteiger partial charge in [0.25, 0.3) is 5.91 Å². The SMILES string of the molecule is CC(C)COc1ccccc1C(=O)NC(=S)Nc1cccc(Cl)c1. The van der Waals surface area contributed by atoms with E-state index in [1.54, 1.807) is 36.4 Å². The van der Waals surface area contributed by atoms with E-state index in [0.29, 0.717) is 34.5 Å². The normalized spacial score (nSPS) is 10.3. The average Bonchev–Trinajstić information content (AvgIpc) is 2.53. The molecular formula is C18H19ClN2O2S. The molecule has 0 fully saturated rings. The van der Waals surface area contributed by atoms with Gasteiger partial charge in [-0.1, -0.05) is 43.6 Å². The summed E-state index contributed by atoms with van der Waals surface area (Å²) in [6, 6.07) is 14.2. The Morgan fingerprint density at radius 2 is 1.96 bits per heavy atom. The Kier molecular flexibility index (Phi) is 6.58. The summed E-state index contributed by atoms with van der Waals surface area (Å²) >= 11 is 11.1. The van der Waals surface area contributed by atoms with E-state index in [1.165, 1.54) is 0 Å². The van der Waals surface area contributed by atoms with Crippen LogP contribution < -0.4 is 15.4 Å². The second kappa shape index (κ2) is 8.66. The molecule has 0 saturated carbocycles. The van der Waals surface area contributed by atoms with Crippen molar-refractivity contribution in [3.05, 3.63) is 59.1 Å². The Balaban J connectivity index is 2.02. The van der Waals surface area contributed by atoms with Crippen molar-refractivity contribution in [1.82, 2.24) is 5.32 Å². The highest BCUT2D eigenvalue weighted by molar-refractivity contribution is 7.80. The molecule has 0 unspecified atom stereocenters. The van der Waals surface area contributed by atoms with Gasteiger partial charge in [0, 0.05) is 10.7 Å². The number of ether oxygens (including phenoxy) is 1. The molecule has 6 heteroatoms. The first-order valence-corrected chi connectivity index (χ1v) is 8.34. The molecule has 1 amide bonds. The van der Waals surface area contributed by atoms with Gasteiger partial charge < -0.3 is 10.1 Å². The van der Waals surface area contributed by atoms with Crippen LogP contribution in [0.4, 0.5) is 5.69 Å². The van der Waals surface area contributed by atoms with E-state index in [-0.39, 0.29) is 11.0 Å². The molecule has 2 aromatic rings. The van der Waals surface area contributed by atoms with E-state index in [4.69, 9.17) is 28.6 Å². The third kappa shape index (κ3) is 5.51. The maximum Gasteiger partial charge on any atom is 0.261 e. The Bertz CT molecular complexity index is 734. The summed E-state index contributed by atoms with van der Waals surface area (Å²) in [4.78, 5) is 12.4. The minimum absolute atomic E-state index is 0.195. The number of para-hydroxylation sites is 1. The Hall–Kier alpha value is -2.11. The van der Waals surface area contributed by atoms with Crippen LogP contribution in [-0.4, -0.2) is 17.6 Å². The zero-order chi connectivity index (χ0) is 17.5. The van der Waals surface area contributed by atoms with Crippen LogP contribution in [0, 0.1) is 5.92 Å². The molecule has 2 rings (SSSR count). The molecular weight excluding hydrogens is 344 g/mol. The molecule has 0 aliphatic rings. The predicted octanol–water partition coefficient (Wildman–Crippen LogP) is 4.50. The molecule has 0 atom stereocenters. The van der Waals surface area contributed by atoms with E-state index in [9.17, 15) is 4.79 Å². The highest BCUT2D eigenvalue weighted by Crippen LogP contribution is 2.19. The lowest BCUT2D eigenvalue weighted by atomic mass is 10.2. The number of thiocarbonyl (C=S) groups is 1. The molecule has 0 spiro atoms. The Morgan fingerprint density at radius 1 is 1.21 bits per heavy atom. The first kappa shape index (κ1) is 18.2. The van der Waals surface area contributed by atoms with Crippen molar-refractivity contribution in [2.24, 2.45) is 5.92 Å². The average molecular weight is 363 g/mol. The first-order valence-electron chi connectivity index (χ1n) is 7.55. The smallest absolute Gasteiger partial charge is 0.261 e. The topological polar surface area (TPSA) is 50.4 Å². The molecule has 24 heavy (non-hydrogen) atoms. The van der Waals surface area contributed by atoms with Crippen molar-refractivity contribution in [3.63, 3.8) is 0 Å². The van der Waals surface area contributed by atoms with E-state index < -0.39 is 0 Å². The number of rotatable bonds is 5. The largest absolute Gasteiger partial charge is 0.492 e. The molecule has 0 heterocycles. The van der Waals surface area contributed by atoms with Gasteiger partial charge in [-0.3, -0.25) is 10.1 Å². The van der Waals surface area contributed by atoms with Crippen LogP contribution >= 0.6 is 23.8 Å². The second-order valence-electron chi connectivity index (χ2n) is 5.62. The summed E-state index contributed by atoms with van der Waals surface area (Å²) in [7, 11) is 0. The van der Waals surface area contributed by atoms with Crippen LogP contribution in [0.1, 0.15) is 24.2 Å². The van der Waals surface area contributed by atoms with Gasteiger partial charge in [0.2, 0.25) is 0 Å². The summed E-state index contributed by atoms with van der Waals surface area (Å²) < 4.78 is 5.69. The van der Waals surface area contributed by atoms with Gasteiger partial charge in [-0.25, -0.2) is 0 Å². The van der Waals surface area contributed by atoms with E-state index in [0.717, 1.165) is 0 Å². The number of hydrogen-bond donors (Lipinski definition) is 2. The van der Waals surface area contributed by atoms with Crippen molar-refractivity contribution >= 4 is 40.5 Å². The second-order valence-corrected chi connectivity index (χ2v) is 6.46. The molecule has 0 bridgehead atoms. The summed E-state index contributed by atoms with van der Waals surface area (Å²) in [5.74, 6) is 0.579. The van der Waals surface area contributed by atoms with E-state index >= 15 is 0 Å². The molecule has 126 valence electrons. The number of halogens is 1. The zero-order valence-corrected chi connectivity index (χ0v) is 15.1. The van der Waals surface area contributed by atoms with Gasteiger partial charge >= 0.3 is 0 Å². The van der Waals surface area contributed by atoms with Crippen molar-refractivity contribution in [2.75, 3.05) is 11.9 Å². The number of nitrogens with one attached hydrogen (secondary N) is 2. The molecule has 2 N–H and O–H groups in total. The summed E-state index contributed by atoms with van der Waals surface area (Å²) in [5.41, 5.74) is 1.14.